The third-order valence-electron chi connectivity index (χ3n) is 17.1. The number of hydrogen-bond donors (Lipinski definition) is 0. The number of aryl methyl sites for hydroxylation is 2. The van der Waals surface area contributed by atoms with Crippen molar-refractivity contribution in [3.63, 3.8) is 0 Å². The number of ether oxygens (including phenoxy) is 2. The maximum atomic E-state index is 15.9. The Morgan fingerprint density at radius 1 is 0.598 bits per heavy atom. The number of benzene rings is 5. The fraction of sp³-hybridized carbons (Fsp3) is 0.365. The zero-order chi connectivity index (χ0) is 61.1. The Kier molecular flexibility index (Phi) is 20.1. The minimum Gasteiger partial charge on any atom is -0.496 e. The van der Waals surface area contributed by atoms with E-state index in [1.54, 1.807) is 42.7 Å². The average Bonchev–Trinajstić information content (AvgIpc) is 1.60. The lowest BCUT2D eigenvalue weighted by atomic mass is 9.84. The molecule has 0 saturated heterocycles. The molecule has 448 valence electrons. The molecule has 5 aromatic carbocycles. The van der Waals surface area contributed by atoms with Crippen molar-refractivity contribution in [2.24, 2.45) is 0 Å². The Balaban J connectivity index is 1.16. The number of rotatable bonds is 28. The molecule has 4 aromatic heterocycles. The lowest BCUT2D eigenvalue weighted by Gasteiger charge is -2.33. The standard InChI is InChI=1S/C74H77F3N6O2S2/c1-6-10-14-19-25-51-29-33-55(34-30-51)82-64-46-61-65(45-60(64)71-66(82)44-58(86-71)38-40-63-62(50-80)70(53(48-78)49-79)85-73(63,74(75,76)77)54-27-21-18-22-28-54)83(56-35-31-52(32-36-56)26-20-15-11-7-2)67-47-69(87-72(61)67)59-39-37-57(43-68(59)84-5)81(41-23-16-12-8-3)42-24-17-13-9-4/h18,21-22,27-40,43-47H,6-17,19-20,23-26,41-42H2,1-5H3/b40-38+. The first-order valence-corrected chi connectivity index (χ1v) is 33.0. The van der Waals surface area contributed by atoms with E-state index in [4.69, 9.17) is 9.47 Å². The van der Waals surface area contributed by atoms with Crippen LogP contribution in [0.3, 0.4) is 0 Å². The highest BCUT2D eigenvalue weighted by Gasteiger charge is 2.65. The van der Waals surface area contributed by atoms with E-state index in [0.717, 1.165) is 128 Å². The van der Waals surface area contributed by atoms with Crippen LogP contribution in [0.15, 0.2) is 150 Å². The molecule has 0 aliphatic carbocycles. The zero-order valence-electron chi connectivity index (χ0n) is 50.8. The summed E-state index contributed by atoms with van der Waals surface area (Å²) in [7, 11) is 1.78. The summed E-state index contributed by atoms with van der Waals surface area (Å²) < 4.78 is 66.5. The number of hydrogen-bond acceptors (Lipinski definition) is 8. The van der Waals surface area contributed by atoms with Gasteiger partial charge in [0.15, 0.2) is 11.3 Å². The van der Waals surface area contributed by atoms with Crippen molar-refractivity contribution in [2.75, 3.05) is 25.1 Å². The normalized spacial score (nSPS) is 14.4. The van der Waals surface area contributed by atoms with Gasteiger partial charge in [-0.3, -0.25) is 0 Å². The fourth-order valence-electron chi connectivity index (χ4n) is 12.5. The van der Waals surface area contributed by atoms with Gasteiger partial charge in [0.25, 0.3) is 5.60 Å². The maximum Gasteiger partial charge on any atom is 0.437 e. The highest BCUT2D eigenvalue weighted by molar-refractivity contribution is 7.23. The van der Waals surface area contributed by atoms with Crippen LogP contribution in [0.5, 0.6) is 5.75 Å². The van der Waals surface area contributed by atoms with Gasteiger partial charge in [0, 0.05) is 73.4 Å². The SMILES string of the molecule is CCCCCCc1ccc(-n2c3cc4c5sc(-c6ccc(N(CCCCCC)CCCCCC)cc6OC)cc5n(-c5ccc(CCCCCC)cc5)c4cc3c3sc(/C=C/C4=C(C#N)C(=C(C#N)C#N)OC4(c4ccccc4)C(F)(F)F)cc32)cc1. The number of halogens is 3. The molecular formula is C74H77F3N6O2S2. The van der Waals surface area contributed by atoms with Crippen LogP contribution in [0.4, 0.5) is 18.9 Å². The molecule has 1 unspecified atom stereocenters. The molecule has 9 aromatic rings. The van der Waals surface area contributed by atoms with Gasteiger partial charge in [0.05, 0.1) is 38.6 Å². The van der Waals surface area contributed by atoms with Crippen molar-refractivity contribution < 1.29 is 22.6 Å². The summed E-state index contributed by atoms with van der Waals surface area (Å²) >= 11 is 3.22. The van der Waals surface area contributed by atoms with E-state index in [-0.39, 0.29) is 5.56 Å². The van der Waals surface area contributed by atoms with Crippen LogP contribution in [0.25, 0.3) is 70.1 Å². The molecule has 0 amide bonds. The first-order chi connectivity index (χ1) is 42.4. The van der Waals surface area contributed by atoms with Crippen LogP contribution >= 0.6 is 22.7 Å². The topological polar surface area (TPSA) is 103 Å². The van der Waals surface area contributed by atoms with Gasteiger partial charge < -0.3 is 23.5 Å². The molecule has 0 fully saturated rings. The summed E-state index contributed by atoms with van der Waals surface area (Å²) in [5.74, 6) is 0.143. The Morgan fingerprint density at radius 3 is 1.63 bits per heavy atom. The minimum absolute atomic E-state index is 0.293. The predicted octanol–water partition coefficient (Wildman–Crippen LogP) is 21.5. The first-order valence-electron chi connectivity index (χ1n) is 31.3. The van der Waals surface area contributed by atoms with E-state index < -0.39 is 34.3 Å². The van der Waals surface area contributed by atoms with Gasteiger partial charge in [-0.15, -0.1) is 22.7 Å². The fourth-order valence-corrected chi connectivity index (χ4v) is 14.8. The second-order valence-corrected chi connectivity index (χ2v) is 25.1. The van der Waals surface area contributed by atoms with E-state index in [9.17, 15) is 15.8 Å². The predicted molar refractivity (Wildman–Crippen MR) is 354 cm³/mol. The van der Waals surface area contributed by atoms with Gasteiger partial charge in [-0.05, 0) is 116 Å². The number of nitrogens with zero attached hydrogens (tertiary/aromatic N) is 6. The molecule has 10 rings (SSSR count). The highest BCUT2D eigenvalue weighted by Crippen LogP contribution is 2.56. The third-order valence-corrected chi connectivity index (χ3v) is 19.4. The van der Waals surface area contributed by atoms with Gasteiger partial charge in [0.1, 0.15) is 29.5 Å². The molecule has 87 heavy (non-hydrogen) atoms. The summed E-state index contributed by atoms with van der Waals surface area (Å²) in [6.45, 7) is 11.0. The van der Waals surface area contributed by atoms with Crippen LogP contribution in [0.2, 0.25) is 0 Å². The van der Waals surface area contributed by atoms with Gasteiger partial charge in [-0.1, -0.05) is 165 Å². The summed E-state index contributed by atoms with van der Waals surface area (Å²) in [6.07, 6.45) is 18.7. The van der Waals surface area contributed by atoms with Crippen LogP contribution in [0.1, 0.15) is 152 Å². The molecule has 8 nitrogen and oxygen atoms in total. The molecule has 13 heteroatoms. The van der Waals surface area contributed by atoms with Crippen LogP contribution in [-0.4, -0.2) is 35.5 Å². The Hall–Kier alpha value is -8.02. The van der Waals surface area contributed by atoms with Crippen molar-refractivity contribution in [3.8, 4) is 45.8 Å². The first kappa shape index (κ1) is 62.0. The van der Waals surface area contributed by atoms with Crippen LogP contribution < -0.4 is 9.64 Å². The molecular weight excluding hydrogens is 1130 g/mol. The average molecular weight is 1200 g/mol. The summed E-state index contributed by atoms with van der Waals surface area (Å²) in [5, 5.41) is 32.5. The molecule has 0 bridgehead atoms. The monoisotopic (exact) mass is 1200 g/mol. The Morgan fingerprint density at radius 2 is 1.13 bits per heavy atom. The summed E-state index contributed by atoms with van der Waals surface area (Å²) in [6, 6.07) is 45.7. The molecule has 1 aliphatic heterocycles. The number of unbranched alkanes of at least 4 members (excludes halogenated alkanes) is 12. The van der Waals surface area contributed by atoms with Gasteiger partial charge in [-0.2, -0.15) is 29.0 Å². The van der Waals surface area contributed by atoms with Crippen molar-refractivity contribution >= 4 is 76.7 Å². The van der Waals surface area contributed by atoms with Crippen LogP contribution in [-0.2, 0) is 23.2 Å². The van der Waals surface area contributed by atoms with Crippen molar-refractivity contribution in [3.05, 3.63) is 171 Å². The molecule has 0 saturated carbocycles. The summed E-state index contributed by atoms with van der Waals surface area (Å²) in [4.78, 5) is 4.29. The number of thiophene rings is 2. The van der Waals surface area contributed by atoms with Gasteiger partial charge in [0.2, 0.25) is 0 Å². The molecule has 0 spiro atoms. The van der Waals surface area contributed by atoms with Crippen molar-refractivity contribution in [1.82, 2.24) is 9.13 Å². The second-order valence-electron chi connectivity index (χ2n) is 23.0. The number of allylic oxidation sites excluding steroid dienone is 2. The molecule has 1 aliphatic rings. The number of fused-ring (bicyclic) bond motifs is 6. The zero-order valence-corrected chi connectivity index (χ0v) is 52.4. The van der Waals surface area contributed by atoms with E-state index in [2.05, 4.69) is 127 Å². The van der Waals surface area contributed by atoms with E-state index >= 15 is 13.2 Å². The molecule has 0 N–H and O–H groups in total. The smallest absolute Gasteiger partial charge is 0.437 e. The molecule has 1 atom stereocenters. The molecule has 5 heterocycles. The second kappa shape index (κ2) is 28.2. The largest absolute Gasteiger partial charge is 0.496 e. The highest BCUT2D eigenvalue weighted by atomic mass is 32.1. The van der Waals surface area contributed by atoms with Gasteiger partial charge in [-0.25, -0.2) is 0 Å². The Bertz CT molecular complexity index is 4070. The third kappa shape index (κ3) is 12.7. The van der Waals surface area contributed by atoms with E-state index in [1.165, 1.54) is 129 Å². The van der Waals surface area contributed by atoms with E-state index in [1.807, 2.05) is 12.1 Å². The maximum absolute atomic E-state index is 15.9. The summed E-state index contributed by atoms with van der Waals surface area (Å²) in [5.41, 5.74) is 5.48. The lowest BCUT2D eigenvalue weighted by molar-refractivity contribution is -0.249. The van der Waals surface area contributed by atoms with E-state index in [0.29, 0.717) is 4.88 Å². The number of nitriles is 3. The minimum atomic E-state index is -5.12. The molecule has 0 radical (unpaired) electrons. The van der Waals surface area contributed by atoms with Gasteiger partial charge >= 0.3 is 6.18 Å². The number of anilines is 1. The number of aromatic nitrogens is 2. The lowest BCUT2D eigenvalue weighted by Crippen LogP contribution is -2.43. The number of methoxy groups -OCH3 is 1. The quantitative estimate of drug-likeness (QED) is 0.0358. The van der Waals surface area contributed by atoms with Crippen molar-refractivity contribution in [2.45, 2.75) is 155 Å². The van der Waals surface area contributed by atoms with Crippen molar-refractivity contribution in [1.29, 1.82) is 15.8 Å². The number of alkyl halides is 3. The van der Waals surface area contributed by atoms with Crippen LogP contribution in [0, 0.1) is 34.0 Å². The Labute approximate surface area is 518 Å².